The number of benzene rings is 2. The number of aliphatic hydroxyl groups is 1. The molecular formula is C15H13ClF2O3. The smallest absolute Gasteiger partial charge is 0.142 e. The van der Waals surface area contributed by atoms with Gasteiger partial charge in [0, 0.05) is 11.1 Å². The minimum atomic E-state index is -1.41. The average molecular weight is 315 g/mol. The van der Waals surface area contributed by atoms with Crippen molar-refractivity contribution in [1.82, 2.24) is 0 Å². The van der Waals surface area contributed by atoms with E-state index in [1.54, 1.807) is 12.1 Å². The van der Waals surface area contributed by atoms with E-state index in [-0.39, 0.29) is 16.1 Å². The van der Waals surface area contributed by atoms with E-state index in [2.05, 4.69) is 0 Å². The summed E-state index contributed by atoms with van der Waals surface area (Å²) < 4.78 is 37.6. The number of hydrogen-bond acceptors (Lipinski definition) is 3. The van der Waals surface area contributed by atoms with Crippen LogP contribution < -0.4 is 9.47 Å². The van der Waals surface area contributed by atoms with Gasteiger partial charge in [-0.05, 0) is 30.3 Å². The highest BCUT2D eigenvalue weighted by atomic mass is 35.5. The summed E-state index contributed by atoms with van der Waals surface area (Å²) in [7, 11) is 2.87. The normalized spacial score (nSPS) is 12.1. The lowest BCUT2D eigenvalue weighted by Crippen LogP contribution is -2.06. The van der Waals surface area contributed by atoms with Crippen molar-refractivity contribution in [3.63, 3.8) is 0 Å². The van der Waals surface area contributed by atoms with Gasteiger partial charge in [0.25, 0.3) is 0 Å². The number of methoxy groups -OCH3 is 2. The minimum absolute atomic E-state index is 0.233. The molecule has 0 amide bonds. The summed E-state index contributed by atoms with van der Waals surface area (Å²) in [5.74, 6) is -0.828. The first-order chi connectivity index (χ1) is 9.97. The molecule has 21 heavy (non-hydrogen) atoms. The van der Waals surface area contributed by atoms with Crippen LogP contribution in [0.25, 0.3) is 0 Å². The van der Waals surface area contributed by atoms with Crippen LogP contribution in [0.5, 0.6) is 11.5 Å². The first-order valence-corrected chi connectivity index (χ1v) is 6.40. The van der Waals surface area contributed by atoms with Crippen LogP contribution in [-0.2, 0) is 0 Å². The van der Waals surface area contributed by atoms with Gasteiger partial charge in [-0.15, -0.1) is 0 Å². The first kappa shape index (κ1) is 15.5. The highest BCUT2D eigenvalue weighted by Gasteiger charge is 2.21. The SMILES string of the molecule is COc1ccc(OC)c(C(O)c2cc(F)c(Cl)cc2F)c1. The van der Waals surface area contributed by atoms with Crippen molar-refractivity contribution in [2.24, 2.45) is 0 Å². The van der Waals surface area contributed by atoms with E-state index in [4.69, 9.17) is 21.1 Å². The molecule has 0 aliphatic carbocycles. The van der Waals surface area contributed by atoms with Gasteiger partial charge in [-0.25, -0.2) is 8.78 Å². The third-order valence-corrected chi connectivity index (χ3v) is 3.36. The zero-order chi connectivity index (χ0) is 15.6. The summed E-state index contributed by atoms with van der Waals surface area (Å²) in [6.07, 6.45) is -1.41. The van der Waals surface area contributed by atoms with Crippen molar-refractivity contribution in [3.8, 4) is 11.5 Å². The molecule has 0 fully saturated rings. The summed E-state index contributed by atoms with van der Waals surface area (Å²) in [5, 5.41) is 9.99. The van der Waals surface area contributed by atoms with E-state index in [0.29, 0.717) is 11.5 Å². The van der Waals surface area contributed by atoms with Crippen LogP contribution in [0.3, 0.4) is 0 Å². The fourth-order valence-electron chi connectivity index (χ4n) is 1.97. The highest BCUT2D eigenvalue weighted by molar-refractivity contribution is 6.30. The maximum absolute atomic E-state index is 13.9. The molecule has 2 rings (SSSR count). The number of hydrogen-bond donors (Lipinski definition) is 1. The molecule has 0 radical (unpaired) electrons. The molecule has 2 aromatic rings. The van der Waals surface area contributed by atoms with Gasteiger partial charge in [0.15, 0.2) is 0 Å². The third kappa shape index (κ3) is 3.09. The Balaban J connectivity index is 2.53. The molecule has 0 aromatic heterocycles. The van der Waals surface area contributed by atoms with Crippen molar-refractivity contribution in [2.45, 2.75) is 6.10 Å². The molecule has 0 heterocycles. The van der Waals surface area contributed by atoms with E-state index >= 15 is 0 Å². The molecule has 0 aliphatic heterocycles. The maximum atomic E-state index is 13.9. The Morgan fingerprint density at radius 3 is 2.33 bits per heavy atom. The lowest BCUT2D eigenvalue weighted by molar-refractivity contribution is 0.208. The van der Waals surface area contributed by atoms with Crippen LogP contribution in [0.2, 0.25) is 5.02 Å². The number of aliphatic hydroxyl groups excluding tert-OH is 1. The van der Waals surface area contributed by atoms with E-state index in [1.807, 2.05) is 0 Å². The van der Waals surface area contributed by atoms with Crippen molar-refractivity contribution < 1.29 is 23.4 Å². The van der Waals surface area contributed by atoms with Crippen LogP contribution in [0, 0.1) is 11.6 Å². The third-order valence-electron chi connectivity index (χ3n) is 3.07. The molecular weight excluding hydrogens is 302 g/mol. The first-order valence-electron chi connectivity index (χ1n) is 6.02. The second-order valence-electron chi connectivity index (χ2n) is 4.30. The molecule has 0 bridgehead atoms. The lowest BCUT2D eigenvalue weighted by atomic mass is 9.99. The molecule has 2 aromatic carbocycles. The Morgan fingerprint density at radius 1 is 1.00 bits per heavy atom. The van der Waals surface area contributed by atoms with Gasteiger partial charge >= 0.3 is 0 Å². The molecule has 0 spiro atoms. The topological polar surface area (TPSA) is 38.7 Å². The van der Waals surface area contributed by atoms with E-state index in [1.165, 1.54) is 20.3 Å². The van der Waals surface area contributed by atoms with E-state index < -0.39 is 17.7 Å². The second kappa shape index (κ2) is 6.28. The van der Waals surface area contributed by atoms with Crippen molar-refractivity contribution >= 4 is 11.6 Å². The number of halogens is 3. The standard InChI is InChI=1S/C15H13ClF2O3/c1-20-8-3-4-14(21-2)10(5-8)15(19)9-6-13(18)11(16)7-12(9)17/h3-7,15,19H,1-2H3. The van der Waals surface area contributed by atoms with Gasteiger partial charge in [-0.3, -0.25) is 0 Å². The van der Waals surface area contributed by atoms with Crippen LogP contribution in [0.4, 0.5) is 8.78 Å². The van der Waals surface area contributed by atoms with Gasteiger partial charge in [0.05, 0.1) is 19.2 Å². The van der Waals surface area contributed by atoms with Gasteiger partial charge in [-0.2, -0.15) is 0 Å². The Kier molecular flexibility index (Phi) is 4.65. The van der Waals surface area contributed by atoms with Gasteiger partial charge < -0.3 is 14.6 Å². The minimum Gasteiger partial charge on any atom is -0.497 e. The Morgan fingerprint density at radius 2 is 1.71 bits per heavy atom. The zero-order valence-electron chi connectivity index (χ0n) is 11.4. The van der Waals surface area contributed by atoms with Gasteiger partial charge in [-0.1, -0.05) is 11.6 Å². The largest absolute Gasteiger partial charge is 0.497 e. The summed E-state index contributed by atoms with van der Waals surface area (Å²) in [6, 6.07) is 6.38. The lowest BCUT2D eigenvalue weighted by Gasteiger charge is -2.17. The Hall–Kier alpha value is -1.85. The Bertz CT molecular complexity index is 662. The van der Waals surface area contributed by atoms with Crippen molar-refractivity contribution in [1.29, 1.82) is 0 Å². The van der Waals surface area contributed by atoms with E-state index in [9.17, 15) is 13.9 Å². The molecule has 6 heteroatoms. The summed E-state index contributed by atoms with van der Waals surface area (Å²) in [4.78, 5) is 0. The molecule has 112 valence electrons. The molecule has 1 unspecified atom stereocenters. The van der Waals surface area contributed by atoms with Crippen molar-refractivity contribution in [2.75, 3.05) is 14.2 Å². The monoisotopic (exact) mass is 314 g/mol. The summed E-state index contributed by atoms with van der Waals surface area (Å²) in [6.45, 7) is 0. The quantitative estimate of drug-likeness (QED) is 0.874. The fourth-order valence-corrected chi connectivity index (χ4v) is 2.12. The van der Waals surface area contributed by atoms with Crippen LogP contribution in [-0.4, -0.2) is 19.3 Å². The maximum Gasteiger partial charge on any atom is 0.142 e. The molecule has 1 atom stereocenters. The predicted molar refractivity (Wildman–Crippen MR) is 75.0 cm³/mol. The number of rotatable bonds is 4. The molecule has 3 nitrogen and oxygen atoms in total. The molecule has 0 saturated heterocycles. The molecule has 0 saturated carbocycles. The van der Waals surface area contributed by atoms with Gasteiger partial charge in [0.1, 0.15) is 29.2 Å². The summed E-state index contributed by atoms with van der Waals surface area (Å²) in [5.41, 5.74) is 0.0286. The van der Waals surface area contributed by atoms with Crippen LogP contribution >= 0.6 is 11.6 Å². The second-order valence-corrected chi connectivity index (χ2v) is 4.71. The van der Waals surface area contributed by atoms with Gasteiger partial charge in [0.2, 0.25) is 0 Å². The van der Waals surface area contributed by atoms with Crippen LogP contribution in [0.1, 0.15) is 17.2 Å². The zero-order valence-corrected chi connectivity index (χ0v) is 12.1. The molecule has 1 N–H and O–H groups in total. The predicted octanol–water partition coefficient (Wildman–Crippen LogP) is 3.72. The average Bonchev–Trinajstić information content (AvgIpc) is 2.49. The summed E-state index contributed by atoms with van der Waals surface area (Å²) >= 11 is 5.50. The fraction of sp³-hybridized carbons (Fsp3) is 0.200. The molecule has 0 aliphatic rings. The highest BCUT2D eigenvalue weighted by Crippen LogP contribution is 2.35. The van der Waals surface area contributed by atoms with Crippen molar-refractivity contribution in [3.05, 3.63) is 58.1 Å². The van der Waals surface area contributed by atoms with E-state index in [0.717, 1.165) is 12.1 Å². The number of ether oxygens (including phenoxy) is 2. The Labute approximate surface area is 125 Å². The van der Waals surface area contributed by atoms with Crippen LogP contribution in [0.15, 0.2) is 30.3 Å².